The van der Waals surface area contributed by atoms with Crippen molar-refractivity contribution in [3.05, 3.63) is 29.8 Å². The lowest BCUT2D eigenvalue weighted by molar-refractivity contribution is -0.145. The summed E-state index contributed by atoms with van der Waals surface area (Å²) in [5.41, 5.74) is 0.905. The van der Waals surface area contributed by atoms with Crippen LogP contribution in [0.25, 0.3) is 0 Å². The van der Waals surface area contributed by atoms with Gasteiger partial charge in [-0.3, -0.25) is 9.59 Å². The Bertz CT molecular complexity index is 600. The lowest BCUT2D eigenvalue weighted by Crippen LogP contribution is -2.51. The number of hydrogen-bond acceptors (Lipinski definition) is 3. The van der Waals surface area contributed by atoms with E-state index in [-0.39, 0.29) is 17.7 Å². The maximum atomic E-state index is 12.6. The molecule has 0 radical (unpaired) electrons. The number of benzene rings is 1. The van der Waals surface area contributed by atoms with Gasteiger partial charge < -0.3 is 15.3 Å². The zero-order valence-electron chi connectivity index (χ0n) is 12.7. The first-order valence-corrected chi connectivity index (χ1v) is 7.31. The van der Waals surface area contributed by atoms with Crippen LogP contribution in [0.2, 0.25) is 0 Å². The molecule has 0 bridgehead atoms. The molecule has 1 aliphatic heterocycles. The summed E-state index contributed by atoms with van der Waals surface area (Å²) in [6.07, 6.45) is 1.59. The zero-order valence-corrected chi connectivity index (χ0v) is 12.7. The fourth-order valence-electron chi connectivity index (χ4n) is 2.89. The van der Waals surface area contributed by atoms with Crippen molar-refractivity contribution >= 4 is 23.5 Å². The lowest BCUT2D eigenvalue weighted by atomic mass is 9.90. The molecule has 2 rings (SSSR count). The van der Waals surface area contributed by atoms with Gasteiger partial charge in [0.2, 0.25) is 5.91 Å². The summed E-state index contributed by atoms with van der Waals surface area (Å²) in [5, 5.41) is 12.0. The molecule has 22 heavy (non-hydrogen) atoms. The molecule has 0 aromatic heterocycles. The molecule has 6 nitrogen and oxygen atoms in total. The van der Waals surface area contributed by atoms with Crippen LogP contribution in [-0.4, -0.2) is 40.4 Å². The standard InChI is InChI=1S/C16H20N2O4/c1-10-5-4-8-18(14(10)16(21)22)15(20)12-6-3-7-13(9-12)17-11(2)19/h3,6-7,9-10,14H,4-5,8H2,1-2H3,(H,17,19)(H,21,22)/t10-,14+/m1/s1. The summed E-state index contributed by atoms with van der Waals surface area (Å²) in [7, 11) is 0. The maximum absolute atomic E-state index is 12.6. The number of piperidine rings is 1. The van der Waals surface area contributed by atoms with Gasteiger partial charge in [0.1, 0.15) is 6.04 Å². The van der Waals surface area contributed by atoms with Crippen LogP contribution < -0.4 is 5.32 Å². The molecule has 0 aliphatic carbocycles. The van der Waals surface area contributed by atoms with Crippen LogP contribution in [0.15, 0.2) is 24.3 Å². The molecule has 6 heteroatoms. The van der Waals surface area contributed by atoms with Gasteiger partial charge in [0.05, 0.1) is 0 Å². The second kappa shape index (κ2) is 6.60. The normalized spacial score (nSPS) is 21.3. The number of nitrogens with zero attached hydrogens (tertiary/aromatic N) is 1. The third-order valence-electron chi connectivity index (χ3n) is 3.88. The Morgan fingerprint density at radius 1 is 1.32 bits per heavy atom. The van der Waals surface area contributed by atoms with Gasteiger partial charge in [-0.05, 0) is 37.0 Å². The number of likely N-dealkylation sites (tertiary alicyclic amines) is 1. The third-order valence-corrected chi connectivity index (χ3v) is 3.88. The molecule has 2 N–H and O–H groups in total. The predicted molar refractivity (Wildman–Crippen MR) is 81.6 cm³/mol. The number of anilines is 1. The monoisotopic (exact) mass is 304 g/mol. The van der Waals surface area contributed by atoms with Crippen molar-refractivity contribution in [1.82, 2.24) is 4.90 Å². The van der Waals surface area contributed by atoms with E-state index in [1.165, 1.54) is 11.8 Å². The van der Waals surface area contributed by atoms with Gasteiger partial charge in [-0.2, -0.15) is 0 Å². The summed E-state index contributed by atoms with van der Waals surface area (Å²) in [6.45, 7) is 3.68. The second-order valence-corrected chi connectivity index (χ2v) is 5.66. The highest BCUT2D eigenvalue weighted by Gasteiger charge is 2.37. The molecule has 0 spiro atoms. The maximum Gasteiger partial charge on any atom is 0.326 e. The minimum atomic E-state index is -0.974. The van der Waals surface area contributed by atoms with Gasteiger partial charge in [-0.25, -0.2) is 4.79 Å². The molecule has 2 amide bonds. The predicted octanol–water partition coefficient (Wildman–Crippen LogP) is 1.97. The fraction of sp³-hybridized carbons (Fsp3) is 0.438. The smallest absolute Gasteiger partial charge is 0.326 e. The van der Waals surface area contributed by atoms with E-state index in [0.717, 1.165) is 12.8 Å². The molecule has 1 aromatic carbocycles. The molecular formula is C16H20N2O4. The van der Waals surface area contributed by atoms with Crippen LogP contribution >= 0.6 is 0 Å². The van der Waals surface area contributed by atoms with Crippen molar-refractivity contribution in [2.45, 2.75) is 32.7 Å². The summed E-state index contributed by atoms with van der Waals surface area (Å²) < 4.78 is 0. The van der Waals surface area contributed by atoms with E-state index in [1.54, 1.807) is 24.3 Å². The highest BCUT2D eigenvalue weighted by Crippen LogP contribution is 2.25. The van der Waals surface area contributed by atoms with Crippen molar-refractivity contribution in [2.24, 2.45) is 5.92 Å². The van der Waals surface area contributed by atoms with E-state index < -0.39 is 12.0 Å². The van der Waals surface area contributed by atoms with E-state index >= 15 is 0 Å². The van der Waals surface area contributed by atoms with Crippen molar-refractivity contribution in [2.75, 3.05) is 11.9 Å². The van der Waals surface area contributed by atoms with Crippen LogP contribution in [0.5, 0.6) is 0 Å². The van der Waals surface area contributed by atoms with Crippen LogP contribution in [0.1, 0.15) is 37.0 Å². The van der Waals surface area contributed by atoms with Crippen molar-refractivity contribution in [1.29, 1.82) is 0 Å². The van der Waals surface area contributed by atoms with E-state index in [1.807, 2.05) is 6.92 Å². The lowest BCUT2D eigenvalue weighted by Gasteiger charge is -2.37. The largest absolute Gasteiger partial charge is 0.480 e. The number of carboxylic acids is 1. The number of carbonyl (C=O) groups excluding carboxylic acids is 2. The summed E-state index contributed by atoms with van der Waals surface area (Å²) >= 11 is 0. The number of carbonyl (C=O) groups is 3. The first-order chi connectivity index (χ1) is 10.4. The average Bonchev–Trinajstić information content (AvgIpc) is 2.45. The first kappa shape index (κ1) is 16.0. The summed E-state index contributed by atoms with van der Waals surface area (Å²) in [5.74, 6) is -1.59. The number of hydrogen-bond donors (Lipinski definition) is 2. The highest BCUT2D eigenvalue weighted by molar-refractivity contribution is 5.98. The van der Waals surface area contributed by atoms with E-state index in [0.29, 0.717) is 17.8 Å². The topological polar surface area (TPSA) is 86.7 Å². The Hall–Kier alpha value is -2.37. The van der Waals surface area contributed by atoms with Crippen LogP contribution in [0.3, 0.4) is 0 Å². The van der Waals surface area contributed by atoms with Crippen LogP contribution in [-0.2, 0) is 9.59 Å². The third kappa shape index (κ3) is 3.44. The molecule has 0 unspecified atom stereocenters. The molecule has 1 aliphatic rings. The van der Waals surface area contributed by atoms with E-state index in [9.17, 15) is 19.5 Å². The number of nitrogens with one attached hydrogen (secondary N) is 1. The minimum Gasteiger partial charge on any atom is -0.480 e. The Kier molecular flexibility index (Phi) is 4.80. The number of rotatable bonds is 3. The van der Waals surface area contributed by atoms with Gasteiger partial charge in [0.15, 0.2) is 0 Å². The Labute approximate surface area is 129 Å². The highest BCUT2D eigenvalue weighted by atomic mass is 16.4. The van der Waals surface area contributed by atoms with Gasteiger partial charge in [-0.1, -0.05) is 13.0 Å². The molecule has 1 heterocycles. The SMILES string of the molecule is CC(=O)Nc1cccc(C(=O)N2CCC[C@@H](C)[C@H]2C(=O)O)c1. The van der Waals surface area contributed by atoms with Gasteiger partial charge in [0, 0.05) is 24.7 Å². The van der Waals surface area contributed by atoms with E-state index in [2.05, 4.69) is 5.32 Å². The first-order valence-electron chi connectivity index (χ1n) is 7.31. The van der Waals surface area contributed by atoms with Gasteiger partial charge >= 0.3 is 5.97 Å². The van der Waals surface area contributed by atoms with Gasteiger partial charge in [-0.15, -0.1) is 0 Å². The fourth-order valence-corrected chi connectivity index (χ4v) is 2.89. The molecule has 1 aromatic rings. The Morgan fingerprint density at radius 2 is 2.05 bits per heavy atom. The zero-order chi connectivity index (χ0) is 16.3. The van der Waals surface area contributed by atoms with Crippen molar-refractivity contribution < 1.29 is 19.5 Å². The molecule has 2 atom stereocenters. The van der Waals surface area contributed by atoms with Crippen molar-refractivity contribution in [3.63, 3.8) is 0 Å². The molecule has 1 fully saturated rings. The second-order valence-electron chi connectivity index (χ2n) is 5.66. The van der Waals surface area contributed by atoms with E-state index in [4.69, 9.17) is 0 Å². The number of carboxylic acid groups (broad SMARTS) is 1. The van der Waals surface area contributed by atoms with Crippen LogP contribution in [0, 0.1) is 5.92 Å². The molecule has 118 valence electrons. The Morgan fingerprint density at radius 3 is 2.68 bits per heavy atom. The summed E-state index contributed by atoms with van der Waals surface area (Å²) in [6, 6.07) is 5.76. The summed E-state index contributed by atoms with van der Waals surface area (Å²) in [4.78, 5) is 36.6. The van der Waals surface area contributed by atoms with Crippen LogP contribution in [0.4, 0.5) is 5.69 Å². The number of amides is 2. The van der Waals surface area contributed by atoms with Gasteiger partial charge in [0.25, 0.3) is 5.91 Å². The Balaban J connectivity index is 2.26. The molecular weight excluding hydrogens is 284 g/mol. The molecule has 1 saturated heterocycles. The average molecular weight is 304 g/mol. The quantitative estimate of drug-likeness (QED) is 0.894. The number of aliphatic carboxylic acids is 1. The minimum absolute atomic E-state index is 0.0753. The molecule has 0 saturated carbocycles. The van der Waals surface area contributed by atoms with Crippen molar-refractivity contribution in [3.8, 4) is 0 Å².